The normalized spacial score (nSPS) is 35.9. The number of carbonyl (C=O) groups excluding carboxylic acids is 1. The average molecular weight is 288 g/mol. The van der Waals surface area contributed by atoms with Crippen LogP contribution in [0.1, 0.15) is 25.7 Å². The van der Waals surface area contributed by atoms with Crippen LogP contribution in [0, 0.1) is 5.92 Å². The summed E-state index contributed by atoms with van der Waals surface area (Å²) in [6.07, 6.45) is 4.62. The van der Waals surface area contributed by atoms with Crippen LogP contribution in [0.4, 0.5) is 0 Å². The zero-order valence-electron chi connectivity index (χ0n) is 11.0. The quantitative estimate of drug-likeness (QED) is 0.774. The van der Waals surface area contributed by atoms with Crippen molar-refractivity contribution in [3.63, 3.8) is 0 Å². The molecule has 1 amide bonds. The predicted octanol–water partition coefficient (Wildman–Crippen LogP) is -0.296. The number of nitrogens with zero attached hydrogens (tertiary/aromatic N) is 1. The van der Waals surface area contributed by atoms with Gasteiger partial charge in [0.15, 0.2) is 0 Å². The Bertz CT molecular complexity index is 474. The van der Waals surface area contributed by atoms with Crippen molar-refractivity contribution in [3.8, 4) is 0 Å². The summed E-state index contributed by atoms with van der Waals surface area (Å²) in [5, 5.41) is 2.97. The van der Waals surface area contributed by atoms with Gasteiger partial charge in [-0.05, 0) is 25.7 Å². The predicted molar refractivity (Wildman–Crippen MR) is 69.0 cm³/mol. The van der Waals surface area contributed by atoms with Crippen LogP contribution >= 0.6 is 0 Å². The van der Waals surface area contributed by atoms with Crippen molar-refractivity contribution in [2.75, 3.05) is 19.4 Å². The Morgan fingerprint density at radius 1 is 1.32 bits per heavy atom. The maximum atomic E-state index is 11.9. The van der Waals surface area contributed by atoms with Crippen molar-refractivity contribution in [1.29, 1.82) is 0 Å². The minimum atomic E-state index is -3.24. The molecule has 19 heavy (non-hydrogen) atoms. The molecule has 0 spiro atoms. The van der Waals surface area contributed by atoms with E-state index in [9.17, 15) is 13.2 Å². The molecule has 0 radical (unpaired) electrons. The van der Waals surface area contributed by atoms with E-state index in [0.717, 1.165) is 25.7 Å². The van der Waals surface area contributed by atoms with Gasteiger partial charge in [-0.3, -0.25) is 4.79 Å². The monoisotopic (exact) mass is 288 g/mol. The molecule has 1 saturated carbocycles. The topological polar surface area (TPSA) is 75.7 Å². The molecule has 1 N–H and O–H groups in total. The van der Waals surface area contributed by atoms with Crippen molar-refractivity contribution in [2.24, 2.45) is 5.92 Å². The standard InChI is InChI=1S/C12H20N2O4S/c1-19(16,17)14-7-9(13-12(15)8-4-5-8)11-10(14)3-2-6-18-11/h8-11H,2-7H2,1H3,(H,13,15)/t9-,10-,11-/m1/s1. The molecular weight excluding hydrogens is 268 g/mol. The third kappa shape index (κ3) is 2.64. The number of fused-ring (bicyclic) bond motifs is 1. The van der Waals surface area contributed by atoms with Crippen LogP contribution in [-0.4, -0.2) is 56.2 Å². The number of hydrogen-bond donors (Lipinski definition) is 1. The lowest BCUT2D eigenvalue weighted by Crippen LogP contribution is -2.48. The fourth-order valence-electron chi connectivity index (χ4n) is 3.07. The highest BCUT2D eigenvalue weighted by Crippen LogP contribution is 2.33. The molecule has 0 aromatic carbocycles. The van der Waals surface area contributed by atoms with Gasteiger partial charge in [0.05, 0.1) is 24.4 Å². The van der Waals surface area contributed by atoms with E-state index in [2.05, 4.69) is 5.32 Å². The van der Waals surface area contributed by atoms with Gasteiger partial charge in [0.25, 0.3) is 0 Å². The molecule has 0 aromatic rings. The molecule has 6 nitrogen and oxygen atoms in total. The summed E-state index contributed by atoms with van der Waals surface area (Å²) in [7, 11) is -3.24. The lowest BCUT2D eigenvalue weighted by molar-refractivity contribution is -0.124. The van der Waals surface area contributed by atoms with Crippen LogP contribution in [0.3, 0.4) is 0 Å². The van der Waals surface area contributed by atoms with Gasteiger partial charge in [-0.1, -0.05) is 0 Å². The van der Waals surface area contributed by atoms with Crippen molar-refractivity contribution in [2.45, 2.75) is 43.9 Å². The first-order valence-corrected chi connectivity index (χ1v) is 8.70. The Kier molecular flexibility index (Phi) is 3.31. The van der Waals surface area contributed by atoms with Gasteiger partial charge in [-0.2, -0.15) is 4.31 Å². The summed E-state index contributed by atoms with van der Waals surface area (Å²) < 4.78 is 30.9. The van der Waals surface area contributed by atoms with Crippen LogP contribution in [0.15, 0.2) is 0 Å². The molecule has 3 aliphatic rings. The Balaban J connectivity index is 1.75. The molecule has 0 bridgehead atoms. The van der Waals surface area contributed by atoms with Crippen molar-refractivity contribution >= 4 is 15.9 Å². The molecule has 2 saturated heterocycles. The van der Waals surface area contributed by atoms with E-state index < -0.39 is 10.0 Å². The van der Waals surface area contributed by atoms with Crippen molar-refractivity contribution < 1.29 is 17.9 Å². The summed E-state index contributed by atoms with van der Waals surface area (Å²) in [5.41, 5.74) is 0. The van der Waals surface area contributed by atoms with Crippen LogP contribution in [0.2, 0.25) is 0 Å². The molecule has 2 aliphatic heterocycles. The van der Waals surface area contributed by atoms with Gasteiger partial charge in [-0.25, -0.2) is 8.42 Å². The number of ether oxygens (including phenoxy) is 1. The van der Waals surface area contributed by atoms with Gasteiger partial charge in [0.2, 0.25) is 15.9 Å². The minimum absolute atomic E-state index is 0.0493. The number of amides is 1. The second kappa shape index (κ2) is 4.71. The van der Waals surface area contributed by atoms with Crippen LogP contribution < -0.4 is 5.32 Å². The van der Waals surface area contributed by atoms with E-state index in [-0.39, 0.29) is 30.0 Å². The Morgan fingerprint density at radius 3 is 2.68 bits per heavy atom. The van der Waals surface area contributed by atoms with E-state index >= 15 is 0 Å². The van der Waals surface area contributed by atoms with E-state index in [0.29, 0.717) is 13.2 Å². The number of sulfonamides is 1. The maximum absolute atomic E-state index is 11.9. The molecule has 2 heterocycles. The minimum Gasteiger partial charge on any atom is -0.374 e. The first kappa shape index (κ1) is 13.3. The third-order valence-corrected chi connectivity index (χ3v) is 5.45. The number of nitrogens with one attached hydrogen (secondary N) is 1. The van der Waals surface area contributed by atoms with E-state index in [1.54, 1.807) is 0 Å². The van der Waals surface area contributed by atoms with E-state index in [1.807, 2.05) is 0 Å². The summed E-state index contributed by atoms with van der Waals surface area (Å²) in [6, 6.07) is -0.318. The second-order valence-corrected chi connectivity index (χ2v) is 7.70. The number of carbonyl (C=O) groups is 1. The van der Waals surface area contributed by atoms with E-state index in [1.165, 1.54) is 10.6 Å². The first-order chi connectivity index (χ1) is 8.97. The number of rotatable bonds is 3. The van der Waals surface area contributed by atoms with Gasteiger partial charge in [0.1, 0.15) is 0 Å². The van der Waals surface area contributed by atoms with Gasteiger partial charge < -0.3 is 10.1 Å². The maximum Gasteiger partial charge on any atom is 0.223 e. The molecule has 3 rings (SSSR count). The van der Waals surface area contributed by atoms with Crippen LogP contribution in [-0.2, 0) is 19.6 Å². The van der Waals surface area contributed by atoms with Gasteiger partial charge >= 0.3 is 0 Å². The Labute approximate surface area is 113 Å². The molecule has 108 valence electrons. The third-order valence-electron chi connectivity index (χ3n) is 4.18. The molecule has 0 unspecified atom stereocenters. The highest BCUT2D eigenvalue weighted by molar-refractivity contribution is 7.88. The molecule has 0 aromatic heterocycles. The zero-order chi connectivity index (χ0) is 13.6. The van der Waals surface area contributed by atoms with Gasteiger partial charge in [0, 0.05) is 19.1 Å². The number of hydrogen-bond acceptors (Lipinski definition) is 4. The lowest BCUT2D eigenvalue weighted by Gasteiger charge is -2.31. The molecule has 3 fully saturated rings. The summed E-state index contributed by atoms with van der Waals surface area (Å²) in [5.74, 6) is 0.183. The Hall–Kier alpha value is -0.660. The fraction of sp³-hybridized carbons (Fsp3) is 0.917. The van der Waals surface area contributed by atoms with Crippen LogP contribution in [0.25, 0.3) is 0 Å². The largest absolute Gasteiger partial charge is 0.374 e. The fourth-order valence-corrected chi connectivity index (χ4v) is 4.22. The highest BCUT2D eigenvalue weighted by Gasteiger charge is 2.48. The highest BCUT2D eigenvalue weighted by atomic mass is 32.2. The smallest absolute Gasteiger partial charge is 0.223 e. The second-order valence-electron chi connectivity index (χ2n) is 5.77. The molecule has 7 heteroatoms. The lowest BCUT2D eigenvalue weighted by atomic mass is 10.0. The Morgan fingerprint density at radius 2 is 2.05 bits per heavy atom. The van der Waals surface area contributed by atoms with Crippen molar-refractivity contribution in [1.82, 2.24) is 9.62 Å². The molecule has 1 aliphatic carbocycles. The van der Waals surface area contributed by atoms with E-state index in [4.69, 9.17) is 4.74 Å². The summed E-state index contributed by atoms with van der Waals surface area (Å²) >= 11 is 0. The van der Waals surface area contributed by atoms with Crippen LogP contribution in [0.5, 0.6) is 0 Å². The average Bonchev–Trinajstić information content (AvgIpc) is 3.12. The molecule has 3 atom stereocenters. The SMILES string of the molecule is CS(=O)(=O)N1C[C@@H](NC(=O)C2CC2)[C@H]2OCCC[C@H]21. The van der Waals surface area contributed by atoms with Crippen molar-refractivity contribution in [3.05, 3.63) is 0 Å². The summed E-state index contributed by atoms with van der Waals surface area (Å²) in [4.78, 5) is 11.9. The van der Waals surface area contributed by atoms with Gasteiger partial charge in [-0.15, -0.1) is 0 Å². The summed E-state index contributed by atoms with van der Waals surface area (Å²) in [6.45, 7) is 0.987. The zero-order valence-corrected chi connectivity index (χ0v) is 11.9. The first-order valence-electron chi connectivity index (χ1n) is 6.85. The molecular formula is C12H20N2O4S.